The maximum absolute atomic E-state index is 14.1. The van der Waals surface area contributed by atoms with Crippen LogP contribution in [0.25, 0.3) is 32.2 Å². The van der Waals surface area contributed by atoms with Crippen molar-refractivity contribution in [2.75, 3.05) is 54.4 Å². The zero-order valence-electron chi connectivity index (χ0n) is 43.5. The lowest BCUT2D eigenvalue weighted by molar-refractivity contribution is -0.134. The van der Waals surface area contributed by atoms with Gasteiger partial charge in [-0.2, -0.15) is 5.10 Å². The van der Waals surface area contributed by atoms with Crippen LogP contribution in [-0.2, 0) is 40.8 Å². The number of ether oxygens (including phenoxy) is 2. The normalized spacial score (nSPS) is 16.2. The molecule has 0 spiro atoms. The molecule has 2 fully saturated rings. The number of fused-ring (bicyclic) bond motifs is 3. The summed E-state index contributed by atoms with van der Waals surface area (Å²) < 4.78 is 15.5. The summed E-state index contributed by atoms with van der Waals surface area (Å²) in [6, 6.07) is 38.1. The Bertz CT molecular complexity index is 3520. The maximum Gasteiger partial charge on any atom is 0.358 e. The van der Waals surface area contributed by atoms with Gasteiger partial charge in [0.1, 0.15) is 22.9 Å². The molecule has 2 N–H and O–H groups in total. The number of aryl methyl sites for hydroxylation is 2. The molecule has 2 saturated heterocycles. The highest BCUT2D eigenvalue weighted by Crippen LogP contribution is 2.38. The Kier molecular flexibility index (Phi) is 13.9. The van der Waals surface area contributed by atoms with E-state index in [1.807, 2.05) is 118 Å². The summed E-state index contributed by atoms with van der Waals surface area (Å²) >= 11 is 1.45. The first-order valence-electron chi connectivity index (χ1n) is 26.1. The minimum Gasteiger partial charge on any atom is -0.457 e. The van der Waals surface area contributed by atoms with Gasteiger partial charge in [0, 0.05) is 74.9 Å². The third-order valence-corrected chi connectivity index (χ3v) is 15.6. The number of nitrogens with one attached hydrogen (secondary N) is 2. The van der Waals surface area contributed by atoms with Crippen LogP contribution >= 0.6 is 11.3 Å². The van der Waals surface area contributed by atoms with Crippen LogP contribution in [-0.4, -0.2) is 93.2 Å². The highest BCUT2D eigenvalue weighted by atomic mass is 32.1. The molecule has 15 nitrogen and oxygen atoms in total. The van der Waals surface area contributed by atoms with Crippen molar-refractivity contribution in [3.05, 3.63) is 154 Å². The third-order valence-electron chi connectivity index (χ3n) is 14.6. The molecule has 3 aliphatic rings. The molecule has 8 aromatic rings. The van der Waals surface area contributed by atoms with Crippen molar-refractivity contribution in [2.24, 2.45) is 7.05 Å². The summed E-state index contributed by atoms with van der Waals surface area (Å²) in [5.74, 6) is 0.367. The number of para-hydroxylation sites is 1. The summed E-state index contributed by atoms with van der Waals surface area (Å²) in [6.07, 6.45) is 3.41. The number of hydrogen-bond acceptors (Lipinski definition) is 13. The van der Waals surface area contributed by atoms with Gasteiger partial charge in [-0.05, 0) is 154 Å². The fraction of sp³-hybridized carbons (Fsp3) is 0.317. The summed E-state index contributed by atoms with van der Waals surface area (Å²) in [5.41, 5.74) is 9.24. The van der Waals surface area contributed by atoms with Gasteiger partial charge in [0.2, 0.25) is 11.8 Å². The zero-order valence-corrected chi connectivity index (χ0v) is 44.3. The number of anilines is 3. The molecule has 11 rings (SSSR count). The number of pyridine rings is 1. The topological polar surface area (TPSA) is 164 Å². The number of carbonyl (C=O) groups excluding carboxylic acids is 4. The molecule has 1 unspecified atom stereocenters. The van der Waals surface area contributed by atoms with Crippen LogP contribution < -0.4 is 25.2 Å². The fourth-order valence-electron chi connectivity index (χ4n) is 10.7. The van der Waals surface area contributed by atoms with Crippen molar-refractivity contribution in [3.8, 4) is 22.6 Å². The summed E-state index contributed by atoms with van der Waals surface area (Å²) in [5, 5.41) is 11.7. The number of benzene rings is 5. The van der Waals surface area contributed by atoms with Crippen molar-refractivity contribution < 1.29 is 28.7 Å². The lowest BCUT2D eigenvalue weighted by Crippen LogP contribution is -2.46. The van der Waals surface area contributed by atoms with Crippen LogP contribution in [0.2, 0.25) is 0 Å². The Balaban J connectivity index is 0.739. The number of carbonyl (C=O) groups is 4. The van der Waals surface area contributed by atoms with Gasteiger partial charge >= 0.3 is 5.97 Å². The van der Waals surface area contributed by atoms with E-state index in [2.05, 4.69) is 66.7 Å². The van der Waals surface area contributed by atoms with Crippen LogP contribution in [0.1, 0.15) is 94.7 Å². The van der Waals surface area contributed by atoms with E-state index >= 15 is 0 Å². The molecule has 0 bridgehead atoms. The Morgan fingerprint density at radius 3 is 2.46 bits per heavy atom. The molecular weight excluding hydrogens is 975 g/mol. The molecule has 0 radical (unpaired) electrons. The van der Waals surface area contributed by atoms with Crippen LogP contribution in [0.5, 0.6) is 11.5 Å². The predicted octanol–water partition coefficient (Wildman–Crippen LogP) is 10.4. The number of piperidine rings is 1. The third kappa shape index (κ3) is 10.6. The molecule has 0 saturated carbocycles. The minimum absolute atomic E-state index is 0.206. The number of aromatic nitrogens is 4. The van der Waals surface area contributed by atoms with Gasteiger partial charge in [0.25, 0.3) is 5.91 Å². The van der Waals surface area contributed by atoms with Crippen LogP contribution in [0.15, 0.2) is 115 Å². The first kappa shape index (κ1) is 50.2. The van der Waals surface area contributed by atoms with E-state index in [4.69, 9.17) is 19.6 Å². The Morgan fingerprint density at radius 1 is 0.829 bits per heavy atom. The Morgan fingerprint density at radius 2 is 1.64 bits per heavy atom. The molecular formula is C60H61N9O6S. The molecule has 3 aromatic heterocycles. The van der Waals surface area contributed by atoms with E-state index in [0.717, 1.165) is 106 Å². The van der Waals surface area contributed by atoms with Crippen molar-refractivity contribution in [1.29, 1.82) is 0 Å². The summed E-state index contributed by atoms with van der Waals surface area (Å²) in [4.78, 5) is 69.1. The number of rotatable bonds is 13. The average Bonchev–Trinajstić information content (AvgIpc) is 4.01. The monoisotopic (exact) mass is 1040 g/mol. The second kappa shape index (κ2) is 21.0. The molecule has 3 aliphatic heterocycles. The molecule has 3 amide bonds. The highest BCUT2D eigenvalue weighted by Gasteiger charge is 2.33. The van der Waals surface area contributed by atoms with E-state index < -0.39 is 17.5 Å². The molecule has 1 atom stereocenters. The maximum atomic E-state index is 14.1. The van der Waals surface area contributed by atoms with E-state index in [1.54, 1.807) is 0 Å². The van der Waals surface area contributed by atoms with E-state index in [0.29, 0.717) is 60.2 Å². The van der Waals surface area contributed by atoms with Crippen LogP contribution in [0.4, 0.5) is 16.6 Å². The fourth-order valence-corrected chi connectivity index (χ4v) is 11.6. The molecule has 16 heteroatoms. The number of amides is 3. The predicted molar refractivity (Wildman–Crippen MR) is 298 cm³/mol. The van der Waals surface area contributed by atoms with E-state index in [-0.39, 0.29) is 23.4 Å². The Labute approximate surface area is 445 Å². The van der Waals surface area contributed by atoms with Gasteiger partial charge in [-0.15, -0.1) is 0 Å². The SMILES string of the molecule is Cc1c(Oc2cccc(CCCN3CCN(c4ccc5c(C6CCC(=O)NC6=O)nn(C)c5c4)CC3)c2)cccc1-c1ccc(N2CCc3cccc(C(=O)Nc4nc5ccccc5s4)c3C2)nc1C(=O)OC(C)(C)C. The smallest absolute Gasteiger partial charge is 0.358 e. The summed E-state index contributed by atoms with van der Waals surface area (Å²) in [7, 11) is 1.91. The van der Waals surface area contributed by atoms with Crippen molar-refractivity contribution in [3.63, 3.8) is 0 Å². The van der Waals surface area contributed by atoms with Crippen molar-refractivity contribution >= 4 is 72.8 Å². The number of thiazole rings is 1. The van der Waals surface area contributed by atoms with Gasteiger partial charge < -0.3 is 19.3 Å². The quantitative estimate of drug-likeness (QED) is 0.0831. The lowest BCUT2D eigenvalue weighted by Gasteiger charge is -2.36. The Hall–Kier alpha value is -7.95. The van der Waals surface area contributed by atoms with Crippen LogP contribution in [0, 0.1) is 6.92 Å². The van der Waals surface area contributed by atoms with Crippen molar-refractivity contribution in [1.82, 2.24) is 30.0 Å². The number of hydrogen-bond donors (Lipinski definition) is 2. The molecule has 6 heterocycles. The molecule has 76 heavy (non-hydrogen) atoms. The highest BCUT2D eigenvalue weighted by molar-refractivity contribution is 7.22. The standard InChI is InChI=1S/C60H61N9O6S/c1-37-42(43-23-25-52(62-55(43)58(73)75-60(2,3)4)69-29-27-39-14-9-17-44(47(39)36-69)56(71)64-59-61-48-18-6-7-20-51(48)76-59)16-10-19-50(37)74-41-15-8-12-38(34-41)13-11-28-67-30-32-68(33-31-67)40-21-22-45-49(35-40)66(5)65-54(45)46-24-26-53(70)63-57(46)72/h6-10,12,14-23,25,34-35,46H,11,13,24,26-33,36H2,1-5H3,(H,61,64,71)(H,63,70,72). The number of imide groups is 1. The van der Waals surface area contributed by atoms with Gasteiger partial charge in [0.15, 0.2) is 10.8 Å². The molecule has 5 aromatic carbocycles. The molecule has 0 aliphatic carbocycles. The first-order valence-corrected chi connectivity index (χ1v) is 26.9. The lowest BCUT2D eigenvalue weighted by atomic mass is 9.93. The minimum atomic E-state index is -0.756. The van der Waals surface area contributed by atoms with Gasteiger partial charge in [-0.1, -0.05) is 59.9 Å². The van der Waals surface area contributed by atoms with Gasteiger partial charge in [-0.3, -0.25) is 34.6 Å². The number of piperazine rings is 1. The van der Waals surface area contributed by atoms with Gasteiger partial charge in [-0.25, -0.2) is 14.8 Å². The largest absolute Gasteiger partial charge is 0.457 e. The van der Waals surface area contributed by atoms with Crippen molar-refractivity contribution in [2.45, 2.75) is 77.9 Å². The van der Waals surface area contributed by atoms with Gasteiger partial charge in [0.05, 0.1) is 27.3 Å². The first-order chi connectivity index (χ1) is 36.7. The van der Waals surface area contributed by atoms with Crippen LogP contribution in [0.3, 0.4) is 0 Å². The zero-order chi connectivity index (χ0) is 52.7. The molecule has 388 valence electrons. The van der Waals surface area contributed by atoms with E-state index in [9.17, 15) is 19.2 Å². The second-order valence-corrected chi connectivity index (χ2v) is 22.0. The number of nitrogens with zero attached hydrogens (tertiary/aromatic N) is 7. The van der Waals surface area contributed by atoms with E-state index in [1.165, 1.54) is 16.9 Å². The number of esters is 1. The average molecular weight is 1040 g/mol. The summed E-state index contributed by atoms with van der Waals surface area (Å²) in [6.45, 7) is 13.4. The second-order valence-electron chi connectivity index (χ2n) is 20.9.